The van der Waals surface area contributed by atoms with Crippen molar-refractivity contribution in [2.75, 3.05) is 0 Å². The summed E-state index contributed by atoms with van der Waals surface area (Å²) in [5.41, 5.74) is 2.87. The second-order valence-electron chi connectivity index (χ2n) is 5.56. The molecule has 6 heteroatoms. The Morgan fingerprint density at radius 1 is 1.22 bits per heavy atom. The van der Waals surface area contributed by atoms with E-state index in [2.05, 4.69) is 23.9 Å². The normalized spacial score (nSPS) is 11.1. The molecule has 3 rings (SSSR count). The molecule has 5 nitrogen and oxygen atoms in total. The van der Waals surface area contributed by atoms with Gasteiger partial charge in [0.25, 0.3) is 5.56 Å². The van der Waals surface area contributed by atoms with Gasteiger partial charge in [-0.2, -0.15) is 9.61 Å². The Kier molecular flexibility index (Phi) is 4.43. The molecule has 0 atom stereocenters. The minimum atomic E-state index is -0.160. The Bertz CT molecular complexity index is 898. The minimum absolute atomic E-state index is 0.160. The van der Waals surface area contributed by atoms with Crippen molar-refractivity contribution in [3.05, 3.63) is 56.4 Å². The Labute approximate surface area is 138 Å². The number of aryl methyl sites for hydroxylation is 3. The van der Waals surface area contributed by atoms with Crippen LogP contribution in [0.15, 0.2) is 29.1 Å². The van der Waals surface area contributed by atoms with Crippen molar-refractivity contribution >= 4 is 16.3 Å². The van der Waals surface area contributed by atoms with Crippen LogP contribution in [0, 0.1) is 13.8 Å². The van der Waals surface area contributed by atoms with Gasteiger partial charge in [0.1, 0.15) is 17.4 Å². The maximum atomic E-state index is 12.1. The number of nitrogens with zero attached hydrogens (tertiary/aromatic N) is 3. The molecule has 0 saturated carbocycles. The van der Waals surface area contributed by atoms with Gasteiger partial charge in [0.2, 0.25) is 4.96 Å². The molecule has 0 unspecified atom stereocenters. The van der Waals surface area contributed by atoms with E-state index in [0.717, 1.165) is 23.6 Å². The highest BCUT2D eigenvalue weighted by Gasteiger charge is 2.09. The lowest BCUT2D eigenvalue weighted by Gasteiger charge is -2.07. The van der Waals surface area contributed by atoms with Gasteiger partial charge in [-0.3, -0.25) is 4.79 Å². The summed E-state index contributed by atoms with van der Waals surface area (Å²) in [6.45, 7) is 6.47. The summed E-state index contributed by atoms with van der Waals surface area (Å²) in [6, 6.07) is 7.44. The molecule has 0 fully saturated rings. The quantitative estimate of drug-likeness (QED) is 0.721. The molecule has 0 amide bonds. The molecule has 0 aliphatic rings. The van der Waals surface area contributed by atoms with Crippen LogP contribution in [0.5, 0.6) is 5.75 Å². The van der Waals surface area contributed by atoms with Gasteiger partial charge in [0, 0.05) is 12.5 Å². The molecule has 0 bridgehead atoms. The van der Waals surface area contributed by atoms with Gasteiger partial charge in [-0.25, -0.2) is 4.98 Å². The van der Waals surface area contributed by atoms with Crippen molar-refractivity contribution in [2.45, 2.75) is 40.2 Å². The summed E-state index contributed by atoms with van der Waals surface area (Å²) in [6.07, 6.45) is 1.86. The largest absolute Gasteiger partial charge is 0.487 e. The summed E-state index contributed by atoms with van der Waals surface area (Å²) in [5.74, 6) is 0.783. The molecule has 0 spiro atoms. The van der Waals surface area contributed by atoms with Crippen molar-refractivity contribution in [3.63, 3.8) is 0 Å². The lowest BCUT2D eigenvalue weighted by molar-refractivity contribution is 0.301. The molecule has 0 N–H and O–H groups in total. The van der Waals surface area contributed by atoms with Gasteiger partial charge in [-0.05, 0) is 43.5 Å². The average molecular weight is 329 g/mol. The fourth-order valence-electron chi connectivity index (χ4n) is 2.25. The fraction of sp³-hybridized carbons (Fsp3) is 0.353. The molecule has 0 aliphatic heterocycles. The van der Waals surface area contributed by atoms with E-state index in [0.29, 0.717) is 10.7 Å². The minimum Gasteiger partial charge on any atom is -0.487 e. The zero-order valence-corrected chi connectivity index (χ0v) is 14.3. The second kappa shape index (κ2) is 6.50. The first-order valence-corrected chi connectivity index (χ1v) is 8.47. The third kappa shape index (κ3) is 3.42. The highest BCUT2D eigenvalue weighted by atomic mass is 32.1. The number of aromatic nitrogens is 3. The molecule has 23 heavy (non-hydrogen) atoms. The zero-order chi connectivity index (χ0) is 16.4. The van der Waals surface area contributed by atoms with Gasteiger partial charge in [0.15, 0.2) is 0 Å². The molecule has 2 heterocycles. The summed E-state index contributed by atoms with van der Waals surface area (Å²) in [7, 11) is 0. The van der Waals surface area contributed by atoms with E-state index in [4.69, 9.17) is 4.74 Å². The summed E-state index contributed by atoms with van der Waals surface area (Å²) in [4.78, 5) is 17.3. The van der Waals surface area contributed by atoms with Gasteiger partial charge >= 0.3 is 0 Å². The zero-order valence-electron chi connectivity index (χ0n) is 13.5. The highest BCUT2D eigenvalue weighted by molar-refractivity contribution is 7.16. The van der Waals surface area contributed by atoms with E-state index in [1.54, 1.807) is 0 Å². The van der Waals surface area contributed by atoms with E-state index in [1.165, 1.54) is 33.0 Å². The first kappa shape index (κ1) is 15.7. The first-order chi connectivity index (χ1) is 11.1. The van der Waals surface area contributed by atoms with Crippen LogP contribution in [0.1, 0.15) is 35.2 Å². The topological polar surface area (TPSA) is 56.5 Å². The van der Waals surface area contributed by atoms with Gasteiger partial charge in [-0.1, -0.05) is 24.3 Å². The van der Waals surface area contributed by atoms with Crippen LogP contribution in [0.2, 0.25) is 0 Å². The van der Waals surface area contributed by atoms with Crippen molar-refractivity contribution in [2.24, 2.45) is 0 Å². The van der Waals surface area contributed by atoms with Crippen LogP contribution >= 0.6 is 11.3 Å². The van der Waals surface area contributed by atoms with Crippen molar-refractivity contribution in [1.29, 1.82) is 0 Å². The number of fused-ring (bicyclic) bond motifs is 1. The molecular weight excluding hydrogens is 310 g/mol. The summed E-state index contributed by atoms with van der Waals surface area (Å²) >= 11 is 1.46. The number of benzene rings is 1. The predicted octanol–water partition coefficient (Wildman–Crippen LogP) is 3.30. The maximum absolute atomic E-state index is 12.1. The summed E-state index contributed by atoms with van der Waals surface area (Å²) in [5, 5.41) is 5.24. The lowest BCUT2D eigenvalue weighted by atomic mass is 10.1. The smallest absolute Gasteiger partial charge is 0.275 e. The third-order valence-electron chi connectivity index (χ3n) is 3.67. The number of hydrogen-bond donors (Lipinski definition) is 0. The lowest BCUT2D eigenvalue weighted by Crippen LogP contribution is -2.16. The van der Waals surface area contributed by atoms with Crippen molar-refractivity contribution in [1.82, 2.24) is 14.6 Å². The number of ether oxygens (including phenoxy) is 1. The van der Waals surface area contributed by atoms with Crippen LogP contribution < -0.4 is 10.3 Å². The second-order valence-corrected chi connectivity index (χ2v) is 6.60. The van der Waals surface area contributed by atoms with E-state index >= 15 is 0 Å². The van der Waals surface area contributed by atoms with Crippen LogP contribution in [0.3, 0.4) is 0 Å². The molecule has 0 saturated heterocycles. The van der Waals surface area contributed by atoms with Gasteiger partial charge < -0.3 is 4.74 Å². The SMILES string of the molecule is CCCc1nn2c(=O)cc(COc3ccc(C)c(C)c3)nc2s1. The number of hydrogen-bond acceptors (Lipinski definition) is 5. The number of rotatable bonds is 5. The Balaban J connectivity index is 1.82. The van der Waals surface area contributed by atoms with Crippen LogP contribution in [0.25, 0.3) is 4.96 Å². The van der Waals surface area contributed by atoms with Crippen molar-refractivity contribution in [3.8, 4) is 5.75 Å². The van der Waals surface area contributed by atoms with Crippen LogP contribution in [0.4, 0.5) is 0 Å². The Morgan fingerprint density at radius 3 is 2.78 bits per heavy atom. The van der Waals surface area contributed by atoms with E-state index in [9.17, 15) is 4.79 Å². The highest BCUT2D eigenvalue weighted by Crippen LogP contribution is 2.18. The third-order valence-corrected chi connectivity index (χ3v) is 4.64. The fourth-order valence-corrected chi connectivity index (χ4v) is 3.27. The maximum Gasteiger partial charge on any atom is 0.275 e. The Hall–Kier alpha value is -2.21. The first-order valence-electron chi connectivity index (χ1n) is 7.65. The molecule has 1 aromatic carbocycles. The molecule has 120 valence electrons. The summed E-state index contributed by atoms with van der Waals surface area (Å²) < 4.78 is 7.13. The molecule has 2 aromatic heterocycles. The van der Waals surface area contributed by atoms with E-state index < -0.39 is 0 Å². The monoisotopic (exact) mass is 329 g/mol. The molecular formula is C17H19N3O2S. The van der Waals surface area contributed by atoms with Gasteiger partial charge in [-0.15, -0.1) is 0 Å². The van der Waals surface area contributed by atoms with Gasteiger partial charge in [0.05, 0.1) is 5.69 Å². The van der Waals surface area contributed by atoms with Crippen LogP contribution in [-0.4, -0.2) is 14.6 Å². The molecule has 3 aromatic rings. The molecule has 0 aliphatic carbocycles. The Morgan fingerprint density at radius 2 is 2.04 bits per heavy atom. The van der Waals surface area contributed by atoms with Crippen LogP contribution in [-0.2, 0) is 13.0 Å². The average Bonchev–Trinajstić information content (AvgIpc) is 2.92. The predicted molar refractivity (Wildman–Crippen MR) is 91.4 cm³/mol. The van der Waals surface area contributed by atoms with E-state index in [1.807, 2.05) is 25.1 Å². The standard InChI is InChI=1S/C17H19N3O2S/c1-4-5-15-19-20-16(21)9-13(18-17(20)23-15)10-22-14-7-6-11(2)12(3)8-14/h6-9H,4-5,10H2,1-3H3. The molecule has 0 radical (unpaired) electrons. The van der Waals surface area contributed by atoms with Crippen molar-refractivity contribution < 1.29 is 4.74 Å². The van der Waals surface area contributed by atoms with E-state index in [-0.39, 0.29) is 12.2 Å².